The number of hydrogen-bond donors (Lipinski definition) is 3. The fraction of sp³-hybridized carbons (Fsp3) is 0.462. The maximum absolute atomic E-state index is 13.3. The van der Waals surface area contributed by atoms with E-state index in [1.807, 2.05) is 0 Å². The van der Waals surface area contributed by atoms with Gasteiger partial charge in [0.25, 0.3) is 0 Å². The van der Waals surface area contributed by atoms with Gasteiger partial charge >= 0.3 is 0 Å². The number of rotatable bonds is 8. The summed E-state index contributed by atoms with van der Waals surface area (Å²) in [5.74, 6) is -0.822. The number of halogens is 1. The van der Waals surface area contributed by atoms with Gasteiger partial charge in [-0.25, -0.2) is 4.39 Å². The molecule has 0 aliphatic rings. The van der Waals surface area contributed by atoms with Crippen LogP contribution in [0.1, 0.15) is 12.5 Å². The number of carbonyl (C=O) groups is 1. The molecule has 5 nitrogen and oxygen atoms in total. The number of primary amides is 1. The molecule has 0 spiro atoms. The number of amides is 1. The van der Waals surface area contributed by atoms with E-state index < -0.39 is 18.1 Å². The first-order chi connectivity index (χ1) is 9.00. The minimum Gasteiger partial charge on any atom is -0.389 e. The second kappa shape index (κ2) is 7.83. The number of nitrogens with one attached hydrogen (secondary N) is 1. The Morgan fingerprint density at radius 3 is 2.84 bits per heavy atom. The van der Waals surface area contributed by atoms with E-state index in [0.29, 0.717) is 5.56 Å². The predicted molar refractivity (Wildman–Crippen MR) is 68.7 cm³/mol. The normalized spacial score (nSPS) is 14.1. The monoisotopic (exact) mass is 270 g/mol. The summed E-state index contributed by atoms with van der Waals surface area (Å²) in [5.41, 5.74) is 5.50. The van der Waals surface area contributed by atoms with E-state index in [0.717, 1.165) is 0 Å². The lowest BCUT2D eigenvalue weighted by molar-refractivity contribution is -0.119. The third kappa shape index (κ3) is 5.78. The van der Waals surface area contributed by atoms with Crippen molar-refractivity contribution in [2.75, 3.05) is 13.2 Å². The Labute approximate surface area is 111 Å². The first kappa shape index (κ1) is 15.6. The highest BCUT2D eigenvalue weighted by molar-refractivity contribution is 5.79. The van der Waals surface area contributed by atoms with E-state index in [2.05, 4.69) is 5.32 Å². The molecule has 0 radical (unpaired) electrons. The standard InChI is InChI=1S/C13H19FN2O3/c1-9(13(15)18)16-6-11(17)8-19-7-10-4-2-3-5-12(10)14/h2-5,9,11,16-17H,6-8H2,1H3,(H2,15,18). The average Bonchev–Trinajstić information content (AvgIpc) is 2.38. The van der Waals surface area contributed by atoms with Crippen LogP contribution in [0.2, 0.25) is 0 Å². The molecule has 1 rings (SSSR count). The Bertz CT molecular complexity index is 415. The van der Waals surface area contributed by atoms with Crippen molar-refractivity contribution in [1.29, 1.82) is 0 Å². The molecular formula is C13H19FN2O3. The fourth-order valence-corrected chi connectivity index (χ4v) is 1.39. The van der Waals surface area contributed by atoms with E-state index in [9.17, 15) is 14.3 Å². The molecule has 0 saturated carbocycles. The SMILES string of the molecule is CC(NCC(O)COCc1ccccc1F)C(N)=O. The van der Waals surface area contributed by atoms with Crippen LogP contribution in [0.3, 0.4) is 0 Å². The molecule has 6 heteroatoms. The van der Waals surface area contributed by atoms with Crippen LogP contribution in [0.25, 0.3) is 0 Å². The highest BCUT2D eigenvalue weighted by Crippen LogP contribution is 2.07. The molecule has 0 aromatic heterocycles. The summed E-state index contributed by atoms with van der Waals surface area (Å²) in [6.45, 7) is 1.93. The third-order valence-corrected chi connectivity index (χ3v) is 2.61. The van der Waals surface area contributed by atoms with Gasteiger partial charge < -0.3 is 20.9 Å². The molecule has 0 bridgehead atoms. The van der Waals surface area contributed by atoms with Gasteiger partial charge in [0.05, 0.1) is 25.4 Å². The van der Waals surface area contributed by atoms with Gasteiger partial charge in [0.2, 0.25) is 5.91 Å². The highest BCUT2D eigenvalue weighted by atomic mass is 19.1. The number of aliphatic hydroxyl groups is 1. The lowest BCUT2D eigenvalue weighted by Gasteiger charge is -2.15. The predicted octanol–water partition coefficient (Wildman–Crippen LogP) is 0.167. The van der Waals surface area contributed by atoms with Crippen LogP contribution in [-0.2, 0) is 16.1 Å². The molecule has 0 aliphatic carbocycles. The van der Waals surface area contributed by atoms with Gasteiger partial charge in [-0.2, -0.15) is 0 Å². The Hall–Kier alpha value is -1.50. The van der Waals surface area contributed by atoms with E-state index in [4.69, 9.17) is 10.5 Å². The molecule has 1 amide bonds. The summed E-state index contributed by atoms with van der Waals surface area (Å²) in [6.07, 6.45) is -0.784. The van der Waals surface area contributed by atoms with Crippen molar-refractivity contribution in [3.05, 3.63) is 35.6 Å². The molecule has 0 heterocycles. The molecule has 1 aromatic carbocycles. The number of benzene rings is 1. The fourth-order valence-electron chi connectivity index (χ4n) is 1.39. The molecule has 0 saturated heterocycles. The van der Waals surface area contributed by atoms with Crippen molar-refractivity contribution < 1.29 is 19.0 Å². The Balaban J connectivity index is 2.22. The van der Waals surface area contributed by atoms with Gasteiger partial charge in [0, 0.05) is 12.1 Å². The van der Waals surface area contributed by atoms with Crippen LogP contribution in [0.4, 0.5) is 4.39 Å². The van der Waals surface area contributed by atoms with Gasteiger partial charge in [0.1, 0.15) is 5.82 Å². The zero-order chi connectivity index (χ0) is 14.3. The lowest BCUT2D eigenvalue weighted by Crippen LogP contribution is -2.43. The molecule has 2 atom stereocenters. The zero-order valence-corrected chi connectivity index (χ0v) is 10.8. The van der Waals surface area contributed by atoms with E-state index >= 15 is 0 Å². The molecule has 106 valence electrons. The molecule has 0 aliphatic heterocycles. The Morgan fingerprint density at radius 2 is 2.21 bits per heavy atom. The van der Waals surface area contributed by atoms with Crippen LogP contribution in [0.5, 0.6) is 0 Å². The van der Waals surface area contributed by atoms with E-state index in [1.165, 1.54) is 6.07 Å². The summed E-state index contributed by atoms with van der Waals surface area (Å²) >= 11 is 0. The number of carbonyl (C=O) groups excluding carboxylic acids is 1. The Morgan fingerprint density at radius 1 is 1.53 bits per heavy atom. The van der Waals surface area contributed by atoms with Crippen LogP contribution >= 0.6 is 0 Å². The Kier molecular flexibility index (Phi) is 6.41. The van der Waals surface area contributed by atoms with Crippen LogP contribution in [-0.4, -0.2) is 36.3 Å². The summed E-state index contributed by atoms with van der Waals surface area (Å²) in [7, 11) is 0. The first-order valence-corrected chi connectivity index (χ1v) is 6.02. The van der Waals surface area contributed by atoms with Crippen molar-refractivity contribution in [3.63, 3.8) is 0 Å². The summed E-state index contributed by atoms with van der Waals surface area (Å²) in [6, 6.07) is 5.78. The molecule has 1 aromatic rings. The van der Waals surface area contributed by atoms with Crippen molar-refractivity contribution in [2.45, 2.75) is 25.7 Å². The third-order valence-electron chi connectivity index (χ3n) is 2.61. The quantitative estimate of drug-likeness (QED) is 0.628. The smallest absolute Gasteiger partial charge is 0.234 e. The summed E-state index contributed by atoms with van der Waals surface area (Å²) in [5, 5.41) is 12.4. The summed E-state index contributed by atoms with van der Waals surface area (Å²) < 4.78 is 18.5. The molecular weight excluding hydrogens is 251 g/mol. The highest BCUT2D eigenvalue weighted by Gasteiger charge is 2.11. The van der Waals surface area contributed by atoms with Crippen molar-refractivity contribution >= 4 is 5.91 Å². The molecule has 0 fully saturated rings. The molecule has 19 heavy (non-hydrogen) atoms. The largest absolute Gasteiger partial charge is 0.389 e. The number of hydrogen-bond acceptors (Lipinski definition) is 4. The number of nitrogens with two attached hydrogens (primary N) is 1. The minimum absolute atomic E-state index is 0.0484. The van der Waals surface area contributed by atoms with E-state index in [1.54, 1.807) is 25.1 Å². The van der Waals surface area contributed by atoms with E-state index in [-0.39, 0.29) is 25.6 Å². The van der Waals surface area contributed by atoms with Crippen molar-refractivity contribution in [2.24, 2.45) is 5.73 Å². The van der Waals surface area contributed by atoms with Crippen molar-refractivity contribution in [1.82, 2.24) is 5.32 Å². The van der Waals surface area contributed by atoms with Crippen molar-refractivity contribution in [3.8, 4) is 0 Å². The number of ether oxygens (including phenoxy) is 1. The van der Waals surface area contributed by atoms with Gasteiger partial charge in [-0.05, 0) is 13.0 Å². The maximum atomic E-state index is 13.3. The molecule has 4 N–H and O–H groups in total. The minimum atomic E-state index is -0.784. The topological polar surface area (TPSA) is 84.6 Å². The van der Waals surface area contributed by atoms with Crippen LogP contribution in [0.15, 0.2) is 24.3 Å². The van der Waals surface area contributed by atoms with Gasteiger partial charge in [-0.15, -0.1) is 0 Å². The number of aliphatic hydroxyl groups excluding tert-OH is 1. The van der Waals surface area contributed by atoms with Crippen LogP contribution in [0, 0.1) is 5.82 Å². The lowest BCUT2D eigenvalue weighted by atomic mass is 10.2. The second-order valence-corrected chi connectivity index (χ2v) is 4.29. The summed E-state index contributed by atoms with van der Waals surface area (Å²) in [4.78, 5) is 10.8. The average molecular weight is 270 g/mol. The van der Waals surface area contributed by atoms with Gasteiger partial charge in [0.15, 0.2) is 0 Å². The first-order valence-electron chi connectivity index (χ1n) is 6.02. The maximum Gasteiger partial charge on any atom is 0.234 e. The zero-order valence-electron chi connectivity index (χ0n) is 10.8. The van der Waals surface area contributed by atoms with Gasteiger partial charge in [-0.3, -0.25) is 4.79 Å². The second-order valence-electron chi connectivity index (χ2n) is 4.29. The van der Waals surface area contributed by atoms with Crippen LogP contribution < -0.4 is 11.1 Å². The van der Waals surface area contributed by atoms with Gasteiger partial charge in [-0.1, -0.05) is 18.2 Å². The molecule has 2 unspecified atom stereocenters.